The van der Waals surface area contributed by atoms with Crippen LogP contribution in [0, 0.1) is 5.82 Å². The molecule has 0 fully saturated rings. The van der Waals surface area contributed by atoms with E-state index >= 15 is 0 Å². The summed E-state index contributed by atoms with van der Waals surface area (Å²) in [4.78, 5) is 0. The summed E-state index contributed by atoms with van der Waals surface area (Å²) in [5.74, 6) is -0.0337. The van der Waals surface area contributed by atoms with Gasteiger partial charge < -0.3 is 9.84 Å². The van der Waals surface area contributed by atoms with Gasteiger partial charge in [0.1, 0.15) is 17.3 Å². The first-order valence-corrected chi connectivity index (χ1v) is 6.30. The first-order chi connectivity index (χ1) is 8.97. The van der Waals surface area contributed by atoms with Crippen LogP contribution in [0.1, 0.15) is 13.8 Å². The predicted octanol–water partition coefficient (Wildman–Crippen LogP) is 4.64. The average Bonchev–Trinajstić information content (AvgIpc) is 2.34. The summed E-state index contributed by atoms with van der Waals surface area (Å²) in [6.45, 7) is 3.89. The summed E-state index contributed by atoms with van der Waals surface area (Å²) < 4.78 is 18.7. The highest BCUT2D eigenvalue weighted by Crippen LogP contribution is 2.34. The predicted molar refractivity (Wildman–Crippen MR) is 74.3 cm³/mol. The molecule has 1 N–H and O–H groups in total. The van der Waals surface area contributed by atoms with Crippen LogP contribution in [-0.4, -0.2) is 11.2 Å². The third kappa shape index (κ3) is 3.18. The Kier molecular flexibility index (Phi) is 3.96. The first-order valence-electron chi connectivity index (χ1n) is 5.92. The summed E-state index contributed by atoms with van der Waals surface area (Å²) in [5, 5.41) is 9.74. The quantitative estimate of drug-likeness (QED) is 0.887. The van der Waals surface area contributed by atoms with Crippen molar-refractivity contribution in [1.82, 2.24) is 0 Å². The minimum absolute atomic E-state index is 0.0182. The summed E-state index contributed by atoms with van der Waals surface area (Å²) in [6.07, 6.45) is 0.0968. The number of ether oxygens (including phenoxy) is 1. The van der Waals surface area contributed by atoms with Crippen molar-refractivity contribution in [2.75, 3.05) is 0 Å². The molecule has 2 rings (SSSR count). The van der Waals surface area contributed by atoms with Crippen LogP contribution in [0.3, 0.4) is 0 Å². The summed E-state index contributed by atoms with van der Waals surface area (Å²) >= 11 is 5.73. The molecule has 0 bridgehead atoms. The standard InChI is InChI=1S/C15H14ClFO2/c1-9(2)19-11-5-3-10(4-6-11)12-7-13(16)14(17)8-15(12)18/h3-9,18H,1-2H3. The Morgan fingerprint density at radius 1 is 1.16 bits per heavy atom. The second kappa shape index (κ2) is 5.49. The second-order valence-electron chi connectivity index (χ2n) is 4.47. The Hall–Kier alpha value is -1.74. The molecular formula is C15H14ClFO2. The molecule has 2 aromatic carbocycles. The van der Waals surface area contributed by atoms with Gasteiger partial charge in [-0.3, -0.25) is 0 Å². The van der Waals surface area contributed by atoms with Gasteiger partial charge >= 0.3 is 0 Å². The monoisotopic (exact) mass is 280 g/mol. The van der Waals surface area contributed by atoms with Gasteiger partial charge in [0.05, 0.1) is 11.1 Å². The van der Waals surface area contributed by atoms with Gasteiger partial charge in [0.2, 0.25) is 0 Å². The average molecular weight is 281 g/mol. The number of rotatable bonds is 3. The van der Waals surface area contributed by atoms with Crippen molar-refractivity contribution >= 4 is 11.6 Å². The number of benzene rings is 2. The summed E-state index contributed by atoms with van der Waals surface area (Å²) in [5.41, 5.74) is 1.23. The molecule has 4 heteroatoms. The van der Waals surface area contributed by atoms with Crippen LogP contribution < -0.4 is 4.74 Å². The number of aromatic hydroxyl groups is 1. The van der Waals surface area contributed by atoms with E-state index in [2.05, 4.69) is 0 Å². The van der Waals surface area contributed by atoms with Crippen molar-refractivity contribution in [3.8, 4) is 22.6 Å². The minimum atomic E-state index is -0.636. The fraction of sp³-hybridized carbons (Fsp3) is 0.200. The van der Waals surface area contributed by atoms with Crippen LogP contribution in [-0.2, 0) is 0 Å². The summed E-state index contributed by atoms with van der Waals surface area (Å²) in [6, 6.07) is 9.60. The Bertz CT molecular complexity index is 579. The van der Waals surface area contributed by atoms with Crippen LogP contribution in [0.5, 0.6) is 11.5 Å². The van der Waals surface area contributed by atoms with E-state index in [1.165, 1.54) is 6.07 Å². The highest BCUT2D eigenvalue weighted by Gasteiger charge is 2.10. The molecule has 0 unspecified atom stereocenters. The van der Waals surface area contributed by atoms with E-state index in [0.29, 0.717) is 5.56 Å². The van der Waals surface area contributed by atoms with Crippen molar-refractivity contribution < 1.29 is 14.2 Å². The van der Waals surface area contributed by atoms with Gasteiger partial charge in [0, 0.05) is 11.6 Å². The zero-order valence-corrected chi connectivity index (χ0v) is 11.4. The van der Waals surface area contributed by atoms with Gasteiger partial charge in [-0.1, -0.05) is 23.7 Å². The zero-order chi connectivity index (χ0) is 14.0. The molecule has 0 spiro atoms. The number of phenols is 1. The molecule has 2 aromatic rings. The Balaban J connectivity index is 2.34. The molecule has 0 amide bonds. The van der Waals surface area contributed by atoms with Gasteiger partial charge in [-0.05, 0) is 37.6 Å². The van der Waals surface area contributed by atoms with Crippen LogP contribution in [0.4, 0.5) is 4.39 Å². The number of hydrogen-bond donors (Lipinski definition) is 1. The highest BCUT2D eigenvalue weighted by atomic mass is 35.5. The maximum Gasteiger partial charge on any atom is 0.145 e. The van der Waals surface area contributed by atoms with E-state index in [0.717, 1.165) is 17.4 Å². The third-order valence-corrected chi connectivity index (χ3v) is 2.87. The van der Waals surface area contributed by atoms with Gasteiger partial charge in [-0.2, -0.15) is 0 Å². The Labute approximate surface area is 116 Å². The molecule has 0 saturated carbocycles. The van der Waals surface area contributed by atoms with Crippen molar-refractivity contribution in [2.24, 2.45) is 0 Å². The maximum atomic E-state index is 13.2. The van der Waals surface area contributed by atoms with Gasteiger partial charge in [0.15, 0.2) is 0 Å². The van der Waals surface area contributed by atoms with Crippen molar-refractivity contribution in [1.29, 1.82) is 0 Å². The molecule has 0 aromatic heterocycles. The smallest absolute Gasteiger partial charge is 0.145 e. The lowest BCUT2D eigenvalue weighted by molar-refractivity contribution is 0.242. The number of halogens is 2. The van der Waals surface area contributed by atoms with E-state index in [1.54, 1.807) is 24.3 Å². The van der Waals surface area contributed by atoms with E-state index in [4.69, 9.17) is 16.3 Å². The van der Waals surface area contributed by atoms with E-state index < -0.39 is 5.82 Å². The molecule has 0 saturated heterocycles. The van der Waals surface area contributed by atoms with Gasteiger partial charge in [-0.25, -0.2) is 4.39 Å². The second-order valence-corrected chi connectivity index (χ2v) is 4.88. The molecule has 0 aliphatic rings. The topological polar surface area (TPSA) is 29.5 Å². The lowest BCUT2D eigenvalue weighted by Crippen LogP contribution is -2.05. The van der Waals surface area contributed by atoms with E-state index in [1.807, 2.05) is 13.8 Å². The van der Waals surface area contributed by atoms with Crippen LogP contribution in [0.15, 0.2) is 36.4 Å². The molecular weight excluding hydrogens is 267 g/mol. The van der Waals surface area contributed by atoms with Crippen molar-refractivity contribution in [3.05, 3.63) is 47.2 Å². The largest absolute Gasteiger partial charge is 0.507 e. The van der Waals surface area contributed by atoms with Crippen molar-refractivity contribution in [3.63, 3.8) is 0 Å². The molecule has 0 aliphatic carbocycles. The normalized spacial score (nSPS) is 10.8. The molecule has 19 heavy (non-hydrogen) atoms. The lowest BCUT2D eigenvalue weighted by atomic mass is 10.0. The fourth-order valence-corrected chi connectivity index (χ4v) is 1.92. The van der Waals surface area contributed by atoms with Gasteiger partial charge in [-0.15, -0.1) is 0 Å². The van der Waals surface area contributed by atoms with Crippen molar-refractivity contribution in [2.45, 2.75) is 20.0 Å². The SMILES string of the molecule is CC(C)Oc1ccc(-c2cc(Cl)c(F)cc2O)cc1. The number of hydrogen-bond acceptors (Lipinski definition) is 2. The maximum absolute atomic E-state index is 13.2. The summed E-state index contributed by atoms with van der Waals surface area (Å²) in [7, 11) is 0. The third-order valence-electron chi connectivity index (χ3n) is 2.58. The molecule has 0 aliphatic heterocycles. The lowest BCUT2D eigenvalue weighted by Gasteiger charge is -2.11. The van der Waals surface area contributed by atoms with E-state index in [9.17, 15) is 9.50 Å². The van der Waals surface area contributed by atoms with Crippen LogP contribution in [0.25, 0.3) is 11.1 Å². The van der Waals surface area contributed by atoms with Crippen LogP contribution in [0.2, 0.25) is 5.02 Å². The number of phenolic OH excluding ortho intramolecular Hbond substituents is 1. The highest BCUT2D eigenvalue weighted by molar-refractivity contribution is 6.31. The zero-order valence-electron chi connectivity index (χ0n) is 10.7. The van der Waals surface area contributed by atoms with Gasteiger partial charge in [0.25, 0.3) is 0 Å². The Morgan fingerprint density at radius 2 is 1.79 bits per heavy atom. The van der Waals surface area contributed by atoms with E-state index in [-0.39, 0.29) is 16.9 Å². The molecule has 100 valence electrons. The molecule has 0 radical (unpaired) electrons. The first kappa shape index (κ1) is 13.7. The minimum Gasteiger partial charge on any atom is -0.507 e. The molecule has 2 nitrogen and oxygen atoms in total. The fourth-order valence-electron chi connectivity index (χ4n) is 1.75. The molecule has 0 atom stereocenters. The van der Waals surface area contributed by atoms with Crippen LogP contribution >= 0.6 is 11.6 Å². The Morgan fingerprint density at radius 3 is 2.37 bits per heavy atom. The molecule has 0 heterocycles.